The lowest BCUT2D eigenvalue weighted by atomic mass is 10.1. The molecule has 3 aromatic heterocycles. The number of pyridine rings is 1. The molecular formula is C21H20N6O2S2. The molecule has 0 saturated heterocycles. The fraction of sp³-hybridized carbons (Fsp3) is 0.286. The Kier molecular flexibility index (Phi) is 5.65. The SMILES string of the molecule is Cc1ccc(C)c(OCc2nnc(SC[C@@H]3CSc4nnc(-c5ccncc5)n43)o2)c1. The van der Waals surface area contributed by atoms with E-state index in [-0.39, 0.29) is 12.6 Å². The first-order valence-corrected chi connectivity index (χ1v) is 11.8. The molecule has 31 heavy (non-hydrogen) atoms. The molecule has 10 heteroatoms. The van der Waals surface area contributed by atoms with E-state index in [4.69, 9.17) is 9.15 Å². The van der Waals surface area contributed by atoms with Gasteiger partial charge in [0.25, 0.3) is 11.1 Å². The van der Waals surface area contributed by atoms with Gasteiger partial charge in [-0.05, 0) is 43.2 Å². The maximum absolute atomic E-state index is 5.86. The molecule has 0 amide bonds. The summed E-state index contributed by atoms with van der Waals surface area (Å²) >= 11 is 3.25. The Hall–Kier alpha value is -2.85. The van der Waals surface area contributed by atoms with Crippen molar-refractivity contribution in [3.05, 3.63) is 59.7 Å². The quantitative estimate of drug-likeness (QED) is 0.379. The number of hydrogen-bond donors (Lipinski definition) is 0. The number of nitrogens with zero attached hydrogens (tertiary/aromatic N) is 6. The van der Waals surface area contributed by atoms with E-state index < -0.39 is 0 Å². The number of hydrogen-bond acceptors (Lipinski definition) is 9. The van der Waals surface area contributed by atoms with E-state index in [0.29, 0.717) is 11.1 Å². The maximum Gasteiger partial charge on any atom is 0.276 e. The zero-order chi connectivity index (χ0) is 21.2. The van der Waals surface area contributed by atoms with Gasteiger partial charge in [0.05, 0.1) is 6.04 Å². The van der Waals surface area contributed by atoms with E-state index in [0.717, 1.165) is 44.9 Å². The number of rotatable bonds is 7. The van der Waals surface area contributed by atoms with E-state index in [1.807, 2.05) is 38.1 Å². The molecule has 0 fully saturated rings. The maximum atomic E-state index is 5.86. The molecule has 1 aliphatic heterocycles. The van der Waals surface area contributed by atoms with Gasteiger partial charge in [0, 0.05) is 29.5 Å². The second-order valence-corrected chi connectivity index (χ2v) is 9.17. The van der Waals surface area contributed by atoms with Crippen molar-refractivity contribution in [2.24, 2.45) is 0 Å². The van der Waals surface area contributed by atoms with Gasteiger partial charge in [0.1, 0.15) is 5.75 Å². The minimum absolute atomic E-state index is 0.240. The van der Waals surface area contributed by atoms with Crippen molar-refractivity contribution in [2.75, 3.05) is 11.5 Å². The summed E-state index contributed by atoms with van der Waals surface area (Å²) in [6.45, 7) is 4.30. The van der Waals surface area contributed by atoms with Crippen molar-refractivity contribution in [3.8, 4) is 17.1 Å². The van der Waals surface area contributed by atoms with Crippen LogP contribution in [0.4, 0.5) is 0 Å². The molecule has 0 aliphatic carbocycles. The van der Waals surface area contributed by atoms with Crippen molar-refractivity contribution >= 4 is 23.5 Å². The molecule has 0 bridgehead atoms. The minimum atomic E-state index is 0.240. The molecule has 0 unspecified atom stereocenters. The van der Waals surface area contributed by atoms with Gasteiger partial charge in [-0.25, -0.2) is 0 Å². The Morgan fingerprint density at radius 2 is 2.00 bits per heavy atom. The highest BCUT2D eigenvalue weighted by molar-refractivity contribution is 8.00. The zero-order valence-electron chi connectivity index (χ0n) is 17.1. The Morgan fingerprint density at radius 1 is 1.13 bits per heavy atom. The summed E-state index contributed by atoms with van der Waals surface area (Å²) in [6, 6.07) is 10.3. The van der Waals surface area contributed by atoms with Crippen LogP contribution in [0, 0.1) is 13.8 Å². The highest BCUT2D eigenvalue weighted by Gasteiger charge is 2.29. The van der Waals surface area contributed by atoms with Crippen molar-refractivity contribution in [2.45, 2.75) is 36.9 Å². The smallest absolute Gasteiger partial charge is 0.276 e. The van der Waals surface area contributed by atoms with E-state index >= 15 is 0 Å². The third-order valence-corrected chi connectivity index (χ3v) is 6.97. The Morgan fingerprint density at radius 3 is 2.87 bits per heavy atom. The average Bonchev–Trinajstić information content (AvgIpc) is 3.50. The number of thioether (sulfide) groups is 2. The van der Waals surface area contributed by atoms with Crippen molar-refractivity contribution in [3.63, 3.8) is 0 Å². The number of benzene rings is 1. The summed E-state index contributed by atoms with van der Waals surface area (Å²) in [5, 5.41) is 18.5. The van der Waals surface area contributed by atoms with E-state index in [2.05, 4.69) is 36.0 Å². The molecule has 1 aliphatic rings. The molecule has 158 valence electrons. The van der Waals surface area contributed by atoms with Crippen LogP contribution in [0.1, 0.15) is 23.1 Å². The Balaban J connectivity index is 1.22. The second kappa shape index (κ2) is 8.72. The van der Waals surface area contributed by atoms with Crippen molar-refractivity contribution in [1.29, 1.82) is 0 Å². The van der Waals surface area contributed by atoms with Crippen LogP contribution >= 0.6 is 23.5 Å². The van der Waals surface area contributed by atoms with Gasteiger partial charge >= 0.3 is 0 Å². The van der Waals surface area contributed by atoms with Crippen LogP contribution in [0.15, 0.2) is 57.5 Å². The summed E-state index contributed by atoms with van der Waals surface area (Å²) < 4.78 is 13.8. The fourth-order valence-electron chi connectivity index (χ4n) is 3.29. The minimum Gasteiger partial charge on any atom is -0.484 e. The van der Waals surface area contributed by atoms with Gasteiger partial charge in [0.15, 0.2) is 17.6 Å². The predicted molar refractivity (Wildman–Crippen MR) is 118 cm³/mol. The van der Waals surface area contributed by atoms with E-state index in [1.165, 1.54) is 11.8 Å². The summed E-state index contributed by atoms with van der Waals surface area (Å²) in [7, 11) is 0. The first-order valence-electron chi connectivity index (χ1n) is 9.80. The molecule has 1 atom stereocenters. The lowest BCUT2D eigenvalue weighted by molar-refractivity contribution is 0.250. The first kappa shape index (κ1) is 20.1. The van der Waals surface area contributed by atoms with E-state index in [1.54, 1.807) is 24.2 Å². The molecule has 5 rings (SSSR count). The van der Waals surface area contributed by atoms with Crippen LogP contribution in [-0.4, -0.2) is 41.5 Å². The summed E-state index contributed by atoms with van der Waals surface area (Å²) in [6.07, 6.45) is 3.53. The van der Waals surface area contributed by atoms with Gasteiger partial charge in [0.2, 0.25) is 0 Å². The van der Waals surface area contributed by atoms with Crippen molar-refractivity contribution < 1.29 is 9.15 Å². The third kappa shape index (κ3) is 4.31. The second-order valence-electron chi connectivity index (χ2n) is 7.21. The highest BCUT2D eigenvalue weighted by atomic mass is 32.2. The number of fused-ring (bicyclic) bond motifs is 1. The standard InChI is InChI=1S/C21H20N6O2S2/c1-13-3-4-14(2)17(9-13)28-10-18-23-26-21(29-18)31-12-16-11-30-20-25-24-19(27(16)20)15-5-7-22-8-6-15/h3-9,16H,10-12H2,1-2H3/t16-/m0/s1. The van der Waals surface area contributed by atoms with Crippen LogP contribution in [-0.2, 0) is 6.61 Å². The van der Waals surface area contributed by atoms with Gasteiger partial charge in [-0.1, -0.05) is 35.7 Å². The Bertz CT molecular complexity index is 1190. The highest BCUT2D eigenvalue weighted by Crippen LogP contribution is 2.38. The summed E-state index contributed by atoms with van der Waals surface area (Å²) in [5.41, 5.74) is 3.24. The number of aryl methyl sites for hydroxylation is 2. The molecule has 0 spiro atoms. The fourth-order valence-corrected chi connectivity index (χ4v) is 5.38. The van der Waals surface area contributed by atoms with Crippen molar-refractivity contribution in [1.82, 2.24) is 29.9 Å². The molecule has 0 saturated carbocycles. The zero-order valence-corrected chi connectivity index (χ0v) is 18.7. The molecule has 0 radical (unpaired) electrons. The monoisotopic (exact) mass is 452 g/mol. The topological polar surface area (TPSA) is 91.8 Å². The average molecular weight is 453 g/mol. The van der Waals surface area contributed by atoms with Crippen LogP contribution < -0.4 is 4.74 Å². The van der Waals surface area contributed by atoms with Gasteiger partial charge in [-0.15, -0.1) is 20.4 Å². The van der Waals surface area contributed by atoms with Gasteiger partial charge < -0.3 is 9.15 Å². The predicted octanol–water partition coefficient (Wildman–Crippen LogP) is 4.36. The van der Waals surface area contributed by atoms with E-state index in [9.17, 15) is 0 Å². The molecule has 4 aromatic rings. The van der Waals surface area contributed by atoms with Crippen LogP contribution in [0.25, 0.3) is 11.4 Å². The molecule has 8 nitrogen and oxygen atoms in total. The Labute approximate surface area is 187 Å². The lowest BCUT2D eigenvalue weighted by Crippen LogP contribution is -2.11. The van der Waals surface area contributed by atoms with Gasteiger partial charge in [-0.3, -0.25) is 9.55 Å². The molecule has 4 heterocycles. The number of aromatic nitrogens is 6. The summed E-state index contributed by atoms with van der Waals surface area (Å²) in [4.78, 5) is 4.08. The third-order valence-electron chi connectivity index (χ3n) is 4.92. The van der Waals surface area contributed by atoms with Crippen LogP contribution in [0.5, 0.6) is 5.75 Å². The van der Waals surface area contributed by atoms with Crippen LogP contribution in [0.3, 0.4) is 0 Å². The van der Waals surface area contributed by atoms with Gasteiger partial charge in [-0.2, -0.15) is 0 Å². The molecular weight excluding hydrogens is 432 g/mol. The largest absolute Gasteiger partial charge is 0.484 e. The van der Waals surface area contributed by atoms with Crippen LogP contribution in [0.2, 0.25) is 0 Å². The molecule has 0 N–H and O–H groups in total. The lowest BCUT2D eigenvalue weighted by Gasteiger charge is -2.12. The summed E-state index contributed by atoms with van der Waals surface area (Å²) in [5.74, 6) is 3.88. The normalized spacial score (nSPS) is 15.2. The first-order chi connectivity index (χ1) is 15.2. The molecule has 1 aromatic carbocycles. The number of ether oxygens (including phenoxy) is 1.